The van der Waals surface area contributed by atoms with Gasteiger partial charge in [-0.15, -0.1) is 0 Å². The Bertz CT molecular complexity index is 1100. The van der Waals surface area contributed by atoms with Gasteiger partial charge in [-0.3, -0.25) is 0 Å². The summed E-state index contributed by atoms with van der Waals surface area (Å²) in [7, 11) is 2.14. The van der Waals surface area contributed by atoms with Gasteiger partial charge in [0.15, 0.2) is 0 Å². The number of rotatable bonds is 7. The lowest BCUT2D eigenvalue weighted by atomic mass is 10.1. The molecule has 29 heavy (non-hydrogen) atoms. The average Bonchev–Trinajstić information content (AvgIpc) is 2.99. The van der Waals surface area contributed by atoms with Crippen LogP contribution in [0.3, 0.4) is 0 Å². The maximum atomic E-state index is 5.91. The van der Waals surface area contributed by atoms with Gasteiger partial charge in [0.25, 0.3) is 0 Å². The summed E-state index contributed by atoms with van der Waals surface area (Å²) in [5, 5.41) is 4.87. The summed E-state index contributed by atoms with van der Waals surface area (Å²) in [6, 6.07) is 25.4. The Morgan fingerprint density at radius 2 is 1.59 bits per heavy atom. The van der Waals surface area contributed by atoms with Gasteiger partial charge in [-0.2, -0.15) is 0 Å². The molecule has 0 spiro atoms. The highest BCUT2D eigenvalue weighted by molar-refractivity contribution is 5.86. The number of hydrogen-bond acceptors (Lipinski definition) is 2. The molecule has 3 nitrogen and oxygen atoms in total. The van der Waals surface area contributed by atoms with Crippen molar-refractivity contribution in [2.45, 2.75) is 20.4 Å². The summed E-state index contributed by atoms with van der Waals surface area (Å²) in [5.74, 6) is 0.906. The summed E-state index contributed by atoms with van der Waals surface area (Å²) >= 11 is 0. The summed E-state index contributed by atoms with van der Waals surface area (Å²) in [6.45, 7) is 6.64. The van der Waals surface area contributed by atoms with E-state index in [2.05, 4.69) is 85.4 Å². The minimum atomic E-state index is 0.646. The standard InChI is InChI=1S/C26H28N2O/c1-19-9-14-24-25(20(2)28(3)26(24)17-19)18-27-15-16-29-23-12-10-22(11-13-23)21-7-5-4-6-8-21/h4-14,17,27H,15-16,18H2,1-3H3. The fourth-order valence-electron chi connectivity index (χ4n) is 3.80. The molecule has 0 aliphatic rings. The van der Waals surface area contributed by atoms with E-state index >= 15 is 0 Å². The van der Waals surface area contributed by atoms with E-state index in [0.717, 1.165) is 18.8 Å². The van der Waals surface area contributed by atoms with Crippen molar-refractivity contribution in [1.29, 1.82) is 0 Å². The quantitative estimate of drug-likeness (QED) is 0.418. The number of aryl methyl sites for hydroxylation is 2. The summed E-state index contributed by atoms with van der Waals surface area (Å²) in [5.41, 5.74) is 7.71. The third-order valence-corrected chi connectivity index (χ3v) is 5.59. The summed E-state index contributed by atoms with van der Waals surface area (Å²) in [4.78, 5) is 0. The van der Waals surface area contributed by atoms with Gasteiger partial charge >= 0.3 is 0 Å². The molecule has 3 aromatic carbocycles. The first-order valence-electron chi connectivity index (χ1n) is 10.2. The maximum absolute atomic E-state index is 5.91. The van der Waals surface area contributed by atoms with Gasteiger partial charge in [-0.25, -0.2) is 0 Å². The van der Waals surface area contributed by atoms with Crippen molar-refractivity contribution in [3.63, 3.8) is 0 Å². The first-order chi connectivity index (χ1) is 14.1. The highest BCUT2D eigenvalue weighted by atomic mass is 16.5. The molecule has 0 unspecified atom stereocenters. The number of fused-ring (bicyclic) bond motifs is 1. The highest BCUT2D eigenvalue weighted by Crippen LogP contribution is 2.26. The number of benzene rings is 3. The molecule has 0 atom stereocenters. The number of ether oxygens (including phenoxy) is 1. The molecule has 3 heteroatoms. The van der Waals surface area contributed by atoms with Crippen LogP contribution < -0.4 is 10.1 Å². The van der Waals surface area contributed by atoms with E-state index in [0.29, 0.717) is 6.61 Å². The first-order valence-corrected chi connectivity index (χ1v) is 10.2. The molecule has 0 aliphatic heterocycles. The fraction of sp³-hybridized carbons (Fsp3) is 0.231. The zero-order valence-corrected chi connectivity index (χ0v) is 17.4. The van der Waals surface area contributed by atoms with Crippen LogP contribution in [0.4, 0.5) is 0 Å². The lowest BCUT2D eigenvalue weighted by Crippen LogP contribution is -2.21. The van der Waals surface area contributed by atoms with Crippen LogP contribution >= 0.6 is 0 Å². The van der Waals surface area contributed by atoms with Gasteiger partial charge in [0.2, 0.25) is 0 Å². The molecule has 0 radical (unpaired) electrons. The number of nitrogens with zero attached hydrogens (tertiary/aromatic N) is 1. The van der Waals surface area contributed by atoms with Crippen LogP contribution in [-0.4, -0.2) is 17.7 Å². The predicted octanol–water partition coefficient (Wildman–Crippen LogP) is 5.63. The Hall–Kier alpha value is -3.04. The molecule has 4 rings (SSSR count). The molecule has 0 aliphatic carbocycles. The molecule has 1 aromatic heterocycles. The molecule has 0 fully saturated rings. The molecule has 148 valence electrons. The van der Waals surface area contributed by atoms with Crippen molar-refractivity contribution in [2.75, 3.05) is 13.2 Å². The van der Waals surface area contributed by atoms with E-state index in [1.54, 1.807) is 0 Å². The molecule has 4 aromatic rings. The lowest BCUT2D eigenvalue weighted by molar-refractivity contribution is 0.313. The topological polar surface area (TPSA) is 26.2 Å². The molecular weight excluding hydrogens is 356 g/mol. The first kappa shape index (κ1) is 19.3. The number of hydrogen-bond donors (Lipinski definition) is 1. The van der Waals surface area contributed by atoms with Crippen molar-refractivity contribution in [1.82, 2.24) is 9.88 Å². The zero-order valence-electron chi connectivity index (χ0n) is 17.4. The zero-order chi connectivity index (χ0) is 20.2. The van der Waals surface area contributed by atoms with Crippen molar-refractivity contribution < 1.29 is 4.74 Å². The van der Waals surface area contributed by atoms with Crippen LogP contribution in [0, 0.1) is 13.8 Å². The largest absolute Gasteiger partial charge is 0.492 e. The van der Waals surface area contributed by atoms with Gasteiger partial charge in [0.1, 0.15) is 12.4 Å². The van der Waals surface area contributed by atoms with Crippen LogP contribution in [0.25, 0.3) is 22.0 Å². The Balaban J connectivity index is 1.30. The van der Waals surface area contributed by atoms with Crippen molar-refractivity contribution in [3.8, 4) is 16.9 Å². The van der Waals surface area contributed by atoms with E-state index < -0.39 is 0 Å². The highest BCUT2D eigenvalue weighted by Gasteiger charge is 2.11. The molecule has 0 saturated carbocycles. The minimum absolute atomic E-state index is 0.646. The van der Waals surface area contributed by atoms with E-state index in [1.807, 2.05) is 18.2 Å². The lowest BCUT2D eigenvalue weighted by Gasteiger charge is -2.09. The minimum Gasteiger partial charge on any atom is -0.492 e. The molecule has 1 N–H and O–H groups in total. The van der Waals surface area contributed by atoms with Crippen molar-refractivity contribution in [2.24, 2.45) is 7.05 Å². The van der Waals surface area contributed by atoms with E-state index in [1.165, 1.54) is 38.9 Å². The van der Waals surface area contributed by atoms with Crippen molar-refractivity contribution in [3.05, 3.63) is 89.6 Å². The van der Waals surface area contributed by atoms with Gasteiger partial charge in [0.05, 0.1) is 0 Å². The average molecular weight is 385 g/mol. The van der Waals surface area contributed by atoms with Crippen LogP contribution in [0.15, 0.2) is 72.8 Å². The molecular formula is C26H28N2O. The Morgan fingerprint density at radius 1 is 0.862 bits per heavy atom. The normalized spacial score (nSPS) is 11.1. The SMILES string of the molecule is Cc1ccc2c(CNCCOc3ccc(-c4ccccc4)cc3)c(C)n(C)c2c1. The second kappa shape index (κ2) is 8.54. The maximum Gasteiger partial charge on any atom is 0.119 e. The fourth-order valence-corrected chi connectivity index (χ4v) is 3.80. The smallest absolute Gasteiger partial charge is 0.119 e. The van der Waals surface area contributed by atoms with E-state index in [-0.39, 0.29) is 0 Å². The third kappa shape index (κ3) is 4.20. The van der Waals surface area contributed by atoms with Crippen LogP contribution in [-0.2, 0) is 13.6 Å². The van der Waals surface area contributed by atoms with Gasteiger partial charge in [0, 0.05) is 36.7 Å². The molecule has 0 saturated heterocycles. The summed E-state index contributed by atoms with van der Waals surface area (Å²) in [6.07, 6.45) is 0. The van der Waals surface area contributed by atoms with Crippen molar-refractivity contribution >= 4 is 10.9 Å². The second-order valence-electron chi connectivity index (χ2n) is 7.56. The predicted molar refractivity (Wildman–Crippen MR) is 121 cm³/mol. The van der Waals surface area contributed by atoms with Gasteiger partial charge in [-0.1, -0.05) is 54.6 Å². The van der Waals surface area contributed by atoms with Gasteiger partial charge < -0.3 is 14.6 Å². The van der Waals surface area contributed by atoms with E-state index in [9.17, 15) is 0 Å². The van der Waals surface area contributed by atoms with Crippen LogP contribution in [0.2, 0.25) is 0 Å². The Morgan fingerprint density at radius 3 is 2.34 bits per heavy atom. The monoisotopic (exact) mass is 384 g/mol. The Labute approximate surface area is 172 Å². The van der Waals surface area contributed by atoms with Gasteiger partial charge in [-0.05, 0) is 54.3 Å². The second-order valence-corrected chi connectivity index (χ2v) is 7.56. The molecule has 0 bridgehead atoms. The number of nitrogens with one attached hydrogen (secondary N) is 1. The van der Waals surface area contributed by atoms with Crippen LogP contribution in [0.5, 0.6) is 5.75 Å². The number of aromatic nitrogens is 1. The van der Waals surface area contributed by atoms with E-state index in [4.69, 9.17) is 4.74 Å². The molecule has 0 amide bonds. The third-order valence-electron chi connectivity index (χ3n) is 5.59. The summed E-state index contributed by atoms with van der Waals surface area (Å²) < 4.78 is 8.19. The molecule has 1 heterocycles. The van der Waals surface area contributed by atoms with Crippen LogP contribution in [0.1, 0.15) is 16.8 Å². The Kier molecular flexibility index (Phi) is 5.68.